The monoisotopic (exact) mass is 198 g/mol. The Bertz CT molecular complexity index is 265. The highest BCUT2D eigenvalue weighted by Gasteiger charge is 2.12. The van der Waals surface area contributed by atoms with Crippen LogP contribution in [0.2, 0.25) is 0 Å². The molecule has 0 aliphatic rings. The van der Waals surface area contributed by atoms with Crippen molar-refractivity contribution in [1.29, 1.82) is 0 Å². The number of rotatable bonds is 4. The van der Waals surface area contributed by atoms with Crippen molar-refractivity contribution < 1.29 is 19.4 Å². The fourth-order valence-electron chi connectivity index (χ4n) is 0.610. The van der Waals surface area contributed by atoms with Crippen LogP contribution in [0.5, 0.6) is 0 Å². The summed E-state index contributed by atoms with van der Waals surface area (Å²) >= 11 is 0. The Labute approximate surface area is 83.1 Å². The largest absolute Gasteiger partial charge is 0.381 e. The Morgan fingerprint density at radius 2 is 1.64 bits per heavy atom. The van der Waals surface area contributed by atoms with Crippen LogP contribution in [0.25, 0.3) is 0 Å². The summed E-state index contributed by atoms with van der Waals surface area (Å²) in [5, 5.41) is 0. The number of hydrogen-bond acceptors (Lipinski definition) is 4. The number of carbonyl (C=O) groups excluding carboxylic acids is 2. The van der Waals surface area contributed by atoms with Crippen LogP contribution in [0.3, 0.4) is 0 Å². The molecule has 0 rings (SSSR count). The third-order valence-electron chi connectivity index (χ3n) is 1.38. The van der Waals surface area contributed by atoms with E-state index in [9.17, 15) is 9.59 Å². The average Bonchev–Trinajstić information content (AvgIpc) is 2.13. The molecule has 0 N–H and O–H groups in total. The molecule has 0 spiro atoms. The lowest BCUT2D eigenvalue weighted by Crippen LogP contribution is -2.12. The van der Waals surface area contributed by atoms with Gasteiger partial charge in [-0.15, -0.1) is 0 Å². The van der Waals surface area contributed by atoms with E-state index in [2.05, 4.69) is 22.9 Å². The fourth-order valence-corrected chi connectivity index (χ4v) is 0.610. The summed E-state index contributed by atoms with van der Waals surface area (Å²) in [6, 6.07) is 0. The first-order chi connectivity index (χ1) is 6.49. The van der Waals surface area contributed by atoms with Gasteiger partial charge in [0.05, 0.1) is 0 Å². The van der Waals surface area contributed by atoms with Crippen LogP contribution in [0.4, 0.5) is 0 Å². The number of hydrogen-bond donors (Lipinski definition) is 0. The van der Waals surface area contributed by atoms with E-state index in [-0.39, 0.29) is 11.1 Å². The van der Waals surface area contributed by atoms with Crippen LogP contribution in [-0.2, 0) is 19.4 Å². The molecule has 0 aromatic heterocycles. The molecular formula is C10H14O4. The van der Waals surface area contributed by atoms with Crippen LogP contribution >= 0.6 is 0 Å². The van der Waals surface area contributed by atoms with Gasteiger partial charge in [0.25, 0.3) is 0 Å². The molecule has 78 valence electrons. The van der Waals surface area contributed by atoms with Gasteiger partial charge in [-0.3, -0.25) is 0 Å². The van der Waals surface area contributed by atoms with E-state index in [4.69, 9.17) is 0 Å². The molecule has 0 amide bonds. The quantitative estimate of drug-likeness (QED) is 0.393. The van der Waals surface area contributed by atoms with Gasteiger partial charge in [0.15, 0.2) is 0 Å². The maximum atomic E-state index is 11.0. The van der Waals surface area contributed by atoms with E-state index in [1.54, 1.807) is 0 Å². The zero-order valence-corrected chi connectivity index (χ0v) is 8.46. The van der Waals surface area contributed by atoms with Crippen LogP contribution in [0.1, 0.15) is 26.7 Å². The molecule has 14 heavy (non-hydrogen) atoms. The Balaban J connectivity index is 3.91. The average molecular weight is 198 g/mol. The van der Waals surface area contributed by atoms with E-state index in [0.29, 0.717) is 6.42 Å². The van der Waals surface area contributed by atoms with Crippen LogP contribution in [0, 0.1) is 0 Å². The zero-order valence-electron chi connectivity index (χ0n) is 8.46. The second-order valence-electron chi connectivity index (χ2n) is 2.88. The maximum Gasteiger partial charge on any atom is 0.381 e. The van der Waals surface area contributed by atoms with Crippen molar-refractivity contribution in [1.82, 2.24) is 0 Å². The van der Waals surface area contributed by atoms with Gasteiger partial charge in [-0.25, -0.2) is 19.4 Å². The molecule has 0 aromatic rings. The van der Waals surface area contributed by atoms with Crippen molar-refractivity contribution in [2.75, 3.05) is 0 Å². The predicted molar refractivity (Wildman–Crippen MR) is 51.0 cm³/mol. The summed E-state index contributed by atoms with van der Waals surface area (Å²) in [7, 11) is 0. The minimum absolute atomic E-state index is 0.166. The Kier molecular flexibility index (Phi) is 5.29. The Morgan fingerprint density at radius 3 is 2.07 bits per heavy atom. The highest BCUT2D eigenvalue weighted by Crippen LogP contribution is 2.05. The van der Waals surface area contributed by atoms with Crippen molar-refractivity contribution in [3.05, 3.63) is 24.3 Å². The fraction of sp³-hybridized carbons (Fsp3) is 0.400. The summed E-state index contributed by atoms with van der Waals surface area (Å²) in [5.41, 5.74) is 0.445. The highest BCUT2D eigenvalue weighted by molar-refractivity contribution is 5.90. The molecule has 0 fully saturated rings. The van der Waals surface area contributed by atoms with Gasteiger partial charge in [-0.2, -0.15) is 0 Å². The molecule has 0 radical (unpaired) electrons. The maximum absolute atomic E-state index is 11.0. The third kappa shape index (κ3) is 4.45. The molecule has 0 saturated carbocycles. The molecule has 4 heteroatoms. The zero-order chi connectivity index (χ0) is 11.1. The molecule has 0 saturated heterocycles. The van der Waals surface area contributed by atoms with Crippen LogP contribution in [-0.4, -0.2) is 11.9 Å². The van der Waals surface area contributed by atoms with Crippen molar-refractivity contribution in [2.45, 2.75) is 26.7 Å². The van der Waals surface area contributed by atoms with Gasteiger partial charge in [0.1, 0.15) is 0 Å². The first kappa shape index (κ1) is 12.4. The van der Waals surface area contributed by atoms with E-state index in [0.717, 1.165) is 6.42 Å². The lowest BCUT2D eigenvalue weighted by molar-refractivity contribution is -0.252. The SMILES string of the molecule is C=C(C)C(=O)OOC(=O)C(=C)CCC. The molecular weight excluding hydrogens is 184 g/mol. The second kappa shape index (κ2) is 5.96. The summed E-state index contributed by atoms with van der Waals surface area (Å²) in [6.07, 6.45) is 1.30. The Morgan fingerprint density at radius 1 is 1.14 bits per heavy atom. The normalized spacial score (nSPS) is 9.00. The molecule has 0 atom stereocenters. The topological polar surface area (TPSA) is 52.6 Å². The molecule has 0 heterocycles. The Hall–Kier alpha value is -1.58. The smallest absolute Gasteiger partial charge is 0.242 e. The van der Waals surface area contributed by atoms with Crippen LogP contribution < -0.4 is 0 Å². The third-order valence-corrected chi connectivity index (χ3v) is 1.38. The lowest BCUT2D eigenvalue weighted by Gasteiger charge is -2.03. The number of carbonyl (C=O) groups is 2. The van der Waals surface area contributed by atoms with Crippen molar-refractivity contribution in [2.24, 2.45) is 0 Å². The van der Waals surface area contributed by atoms with Gasteiger partial charge < -0.3 is 0 Å². The van der Waals surface area contributed by atoms with Gasteiger partial charge in [0, 0.05) is 11.1 Å². The van der Waals surface area contributed by atoms with Gasteiger partial charge >= 0.3 is 11.9 Å². The molecule has 0 aliphatic carbocycles. The minimum atomic E-state index is -0.761. The van der Waals surface area contributed by atoms with Crippen LogP contribution in [0.15, 0.2) is 24.3 Å². The summed E-state index contributed by atoms with van der Waals surface area (Å²) in [6.45, 7) is 10.2. The standard InChI is InChI=1S/C10H14O4/c1-5-6-8(4)10(12)14-13-9(11)7(2)3/h2,4-6H2,1,3H3. The van der Waals surface area contributed by atoms with E-state index < -0.39 is 11.9 Å². The van der Waals surface area contributed by atoms with Crippen molar-refractivity contribution in [3.8, 4) is 0 Å². The lowest BCUT2D eigenvalue weighted by atomic mass is 10.2. The molecule has 4 nitrogen and oxygen atoms in total. The first-order valence-corrected chi connectivity index (χ1v) is 4.25. The molecule has 0 aliphatic heterocycles. The summed E-state index contributed by atoms with van der Waals surface area (Å²) in [5.74, 6) is -1.48. The second-order valence-corrected chi connectivity index (χ2v) is 2.88. The highest BCUT2D eigenvalue weighted by atomic mass is 17.2. The van der Waals surface area contributed by atoms with Gasteiger partial charge in [0.2, 0.25) is 0 Å². The molecule has 0 unspecified atom stereocenters. The van der Waals surface area contributed by atoms with E-state index in [1.807, 2.05) is 6.92 Å². The van der Waals surface area contributed by atoms with E-state index >= 15 is 0 Å². The van der Waals surface area contributed by atoms with Crippen molar-refractivity contribution >= 4 is 11.9 Å². The first-order valence-electron chi connectivity index (χ1n) is 4.25. The summed E-state index contributed by atoms with van der Waals surface area (Å²) < 4.78 is 0. The van der Waals surface area contributed by atoms with Crippen molar-refractivity contribution in [3.63, 3.8) is 0 Å². The molecule has 0 aromatic carbocycles. The minimum Gasteiger partial charge on any atom is -0.242 e. The van der Waals surface area contributed by atoms with Gasteiger partial charge in [-0.1, -0.05) is 26.5 Å². The van der Waals surface area contributed by atoms with E-state index in [1.165, 1.54) is 6.92 Å². The molecule has 0 bridgehead atoms. The summed E-state index contributed by atoms with van der Waals surface area (Å²) in [4.78, 5) is 30.2. The van der Waals surface area contributed by atoms with Gasteiger partial charge in [-0.05, 0) is 13.3 Å². The predicted octanol–water partition coefficient (Wildman–Crippen LogP) is 1.92.